The Morgan fingerprint density at radius 2 is 0.600 bits per heavy atom. The third-order valence-electron chi connectivity index (χ3n) is 0. The summed E-state index contributed by atoms with van der Waals surface area (Å²) in [5.74, 6) is 0. The van der Waals surface area contributed by atoms with Crippen LogP contribution >= 0.6 is 37.7 Å². The molecule has 0 unspecified atom stereocenters. The molecular formula is H12Cl4N4Pt2. The maximum atomic E-state index is 5.01. The Morgan fingerprint density at radius 1 is 0.600 bits per heavy atom. The summed E-state index contributed by atoms with van der Waals surface area (Å²) in [5, 5.41) is 0. The van der Waals surface area contributed by atoms with E-state index in [-0.39, 0.29) is 45.7 Å². The molecule has 0 saturated heterocycles. The molecule has 0 atom stereocenters. The summed E-state index contributed by atoms with van der Waals surface area (Å²) < 4.78 is 0. The summed E-state index contributed by atoms with van der Waals surface area (Å²) in [6.07, 6.45) is 0. The van der Waals surface area contributed by atoms with Gasteiger partial charge in [-0.2, -0.15) is 0 Å². The van der Waals surface area contributed by atoms with E-state index in [1.807, 2.05) is 0 Å². The Balaban J connectivity index is -0.00000000800. The van der Waals surface area contributed by atoms with E-state index in [2.05, 4.69) is 0 Å². The summed E-state index contributed by atoms with van der Waals surface area (Å²) in [6.45, 7) is 0. The van der Waals surface area contributed by atoms with Crippen LogP contribution < -0.4 is 24.6 Å². The van der Waals surface area contributed by atoms with Crippen LogP contribution in [0.5, 0.6) is 0 Å². The topological polar surface area (TPSA) is 140 Å². The normalized spacial score (nSPS) is 7.60. The van der Waals surface area contributed by atoms with E-state index in [0.29, 0.717) is 0 Å². The van der Waals surface area contributed by atoms with E-state index in [4.69, 9.17) is 37.7 Å². The molecule has 0 bridgehead atoms. The smallest absolute Gasteiger partial charge is 0 e. The van der Waals surface area contributed by atoms with Crippen LogP contribution in [-0.2, 0) is 33.0 Å². The quantitative estimate of drug-likeness (QED) is 0.339. The van der Waals surface area contributed by atoms with E-state index in [9.17, 15) is 0 Å². The molecule has 0 aromatic heterocycles. The minimum absolute atomic E-state index is 0. The fourth-order valence-electron chi connectivity index (χ4n) is 0. The molecule has 0 aliphatic rings. The Morgan fingerprint density at radius 3 is 0.600 bits per heavy atom. The molecule has 0 aliphatic carbocycles. The first-order chi connectivity index (χ1) is 2.00. The first kappa shape index (κ1) is 39.4. The van der Waals surface area contributed by atoms with Gasteiger partial charge in [0.1, 0.15) is 0 Å². The van der Waals surface area contributed by atoms with Crippen molar-refractivity contribution in [2.24, 2.45) is 0 Å². The van der Waals surface area contributed by atoms with Gasteiger partial charge in [0.05, 0.1) is 0 Å². The van der Waals surface area contributed by atoms with Gasteiger partial charge in [-0.15, -0.1) is 0 Å². The van der Waals surface area contributed by atoms with Crippen molar-refractivity contribution in [3.8, 4) is 0 Å². The number of halogens is 4. The second-order valence-electron chi connectivity index (χ2n) is 0.271. The third kappa shape index (κ3) is 162. The van der Waals surface area contributed by atoms with E-state index >= 15 is 0 Å². The number of hydrogen-bond acceptors (Lipinski definition) is 4. The van der Waals surface area contributed by atoms with Gasteiger partial charge in [-0.05, 0) is 0 Å². The van der Waals surface area contributed by atoms with Crippen molar-refractivity contribution < 1.29 is 33.0 Å². The first-order valence-corrected chi connectivity index (χ1v) is 11.7. The minimum atomic E-state index is -3.06. The summed E-state index contributed by atoms with van der Waals surface area (Å²) >= 11 is -3.06. The molecule has 0 aromatic carbocycles. The van der Waals surface area contributed by atoms with Crippen molar-refractivity contribution in [2.75, 3.05) is 0 Å². The Bertz CT molecular complexity index is 30.7. The second-order valence-corrected chi connectivity index (χ2v) is 20.0. The largest absolute Gasteiger partial charge is 0 e. The van der Waals surface area contributed by atoms with E-state index in [1.54, 1.807) is 0 Å². The van der Waals surface area contributed by atoms with Crippen LogP contribution in [-0.4, -0.2) is 0 Å². The summed E-state index contributed by atoms with van der Waals surface area (Å²) in [6, 6.07) is 0. The van der Waals surface area contributed by atoms with Crippen LogP contribution in [0.25, 0.3) is 0 Å². The van der Waals surface area contributed by atoms with Crippen LogP contribution in [0.4, 0.5) is 0 Å². The van der Waals surface area contributed by atoms with Gasteiger partial charge in [0.2, 0.25) is 0 Å². The number of rotatable bonds is 0. The molecule has 0 aromatic rings. The van der Waals surface area contributed by atoms with Crippen LogP contribution in [0.3, 0.4) is 0 Å². The van der Waals surface area contributed by atoms with Crippen LogP contribution in [0.1, 0.15) is 0 Å². The average Bonchev–Trinajstić information content (AvgIpc) is 0.722. The van der Waals surface area contributed by atoms with Crippen molar-refractivity contribution in [1.82, 2.24) is 24.6 Å². The van der Waals surface area contributed by atoms with Crippen LogP contribution in [0.15, 0.2) is 0 Å². The Hall–Kier alpha value is 2.38. The first-order valence-electron chi connectivity index (χ1n) is 0.478. The summed E-state index contributed by atoms with van der Waals surface area (Å²) in [4.78, 5) is 0. The van der Waals surface area contributed by atoms with Crippen LogP contribution in [0, 0.1) is 0 Å². The molecule has 10 heteroatoms. The zero-order chi connectivity index (χ0) is 4.50. The van der Waals surface area contributed by atoms with E-state index < -0.39 is 11.9 Å². The average molecular weight is 600 g/mol. The van der Waals surface area contributed by atoms with E-state index in [1.165, 1.54) is 0 Å². The fraction of sp³-hybridized carbons (Fsp3) is 0. The van der Waals surface area contributed by atoms with Crippen molar-refractivity contribution in [3.63, 3.8) is 0 Å². The van der Waals surface area contributed by atoms with Gasteiger partial charge in [-0.25, -0.2) is 0 Å². The summed E-state index contributed by atoms with van der Waals surface area (Å²) in [5.41, 5.74) is 0. The molecule has 0 amide bonds. The maximum Gasteiger partial charge on any atom is 0 e. The SMILES string of the molecule is N.N.N.N.[Cl][Pt]([Cl])([Cl])[Cl].[Pt]. The predicted octanol–water partition coefficient (Wildman–Crippen LogP) is 3.40. The van der Waals surface area contributed by atoms with Gasteiger partial charge in [0, 0.05) is 21.1 Å². The van der Waals surface area contributed by atoms with Gasteiger partial charge in [0.15, 0.2) is 0 Å². The molecular weight excluding hydrogens is 588 g/mol. The molecule has 10 heavy (non-hydrogen) atoms. The van der Waals surface area contributed by atoms with Gasteiger partial charge in [-0.3, -0.25) is 0 Å². The minimum Gasteiger partial charge on any atom is 0 e. The fourth-order valence-corrected chi connectivity index (χ4v) is 0. The Kier molecular flexibility index (Phi) is 68.8. The van der Waals surface area contributed by atoms with Gasteiger partial charge >= 0.3 is 49.6 Å². The zero-order valence-electron chi connectivity index (χ0n) is 4.97. The van der Waals surface area contributed by atoms with Gasteiger partial charge < -0.3 is 24.6 Å². The maximum absolute atomic E-state index is 5.01. The van der Waals surface area contributed by atoms with Gasteiger partial charge in [0.25, 0.3) is 0 Å². The van der Waals surface area contributed by atoms with Gasteiger partial charge in [-0.1, -0.05) is 0 Å². The summed E-state index contributed by atoms with van der Waals surface area (Å²) in [7, 11) is 20.0. The molecule has 0 radical (unpaired) electrons. The van der Waals surface area contributed by atoms with Crippen molar-refractivity contribution >= 4 is 37.7 Å². The molecule has 0 saturated carbocycles. The third-order valence-corrected chi connectivity index (χ3v) is 0. The van der Waals surface area contributed by atoms with E-state index in [0.717, 1.165) is 0 Å². The molecule has 0 rings (SSSR count). The van der Waals surface area contributed by atoms with Crippen LogP contribution in [0.2, 0.25) is 0 Å². The molecule has 4 nitrogen and oxygen atoms in total. The number of hydrogen-bond donors (Lipinski definition) is 4. The molecule has 0 spiro atoms. The molecule has 0 aliphatic heterocycles. The standard InChI is InChI=1S/4ClH.4H3N.2Pt/h4*1H;4*1H3;;/q;;;;;;;;;+4/p-4. The predicted molar refractivity (Wildman–Crippen MR) is 43.5 cm³/mol. The molecule has 80 valence electrons. The molecule has 0 heterocycles. The van der Waals surface area contributed by atoms with Crippen molar-refractivity contribution in [2.45, 2.75) is 0 Å². The second kappa shape index (κ2) is 17.5. The monoisotopic (exact) mass is 598 g/mol. The Labute approximate surface area is 94.2 Å². The van der Waals surface area contributed by atoms with Crippen molar-refractivity contribution in [1.29, 1.82) is 0 Å². The molecule has 12 N–H and O–H groups in total. The zero-order valence-corrected chi connectivity index (χ0v) is 12.5. The molecule has 0 fully saturated rings. The van der Waals surface area contributed by atoms with Crippen molar-refractivity contribution in [3.05, 3.63) is 0 Å².